The van der Waals surface area contributed by atoms with Gasteiger partial charge in [-0.05, 0) is 31.2 Å². The van der Waals surface area contributed by atoms with Crippen LogP contribution in [0.5, 0.6) is 5.75 Å². The van der Waals surface area contributed by atoms with Crippen LogP contribution < -0.4 is 16.5 Å². The smallest absolute Gasteiger partial charge is 0.292 e. The molecule has 0 saturated heterocycles. The number of nitrogens with zero attached hydrogens (tertiary/aromatic N) is 1. The summed E-state index contributed by atoms with van der Waals surface area (Å²) in [7, 11) is 0. The average molecular weight is 354 g/mol. The third-order valence-electron chi connectivity index (χ3n) is 4.06. The Labute approximate surface area is 148 Å². The van der Waals surface area contributed by atoms with Gasteiger partial charge < -0.3 is 21.1 Å². The summed E-state index contributed by atoms with van der Waals surface area (Å²) in [6.07, 6.45) is 0.678. The van der Waals surface area contributed by atoms with Crippen LogP contribution in [0.4, 0.5) is 11.4 Å². The molecule has 3 aromatic rings. The number of pyridine rings is 1. The van der Waals surface area contributed by atoms with Crippen molar-refractivity contribution in [1.29, 1.82) is 0 Å². The van der Waals surface area contributed by atoms with E-state index in [0.29, 0.717) is 41.7 Å². The van der Waals surface area contributed by atoms with E-state index in [-0.39, 0.29) is 11.4 Å². The van der Waals surface area contributed by atoms with Gasteiger partial charge in [-0.25, -0.2) is 0 Å². The third-order valence-corrected chi connectivity index (χ3v) is 4.06. The lowest BCUT2D eigenvalue weighted by atomic mass is 10.1. The number of H-pyrrole nitrogens is 1. The number of nitro groups is 1. The number of aromatic amines is 1. The molecule has 0 aliphatic rings. The van der Waals surface area contributed by atoms with Crippen molar-refractivity contribution in [3.63, 3.8) is 0 Å². The Morgan fingerprint density at radius 1 is 1.23 bits per heavy atom. The molecule has 3 rings (SSSR count). The summed E-state index contributed by atoms with van der Waals surface area (Å²) in [6.45, 7) is 0.986. The number of aromatic hydroxyl groups is 1. The van der Waals surface area contributed by atoms with Crippen LogP contribution in [0.3, 0.4) is 0 Å². The van der Waals surface area contributed by atoms with Gasteiger partial charge in [-0.1, -0.05) is 18.2 Å². The molecule has 0 unspecified atom stereocenters. The molecule has 5 N–H and O–H groups in total. The van der Waals surface area contributed by atoms with Crippen LogP contribution in [0.1, 0.15) is 6.42 Å². The highest BCUT2D eigenvalue weighted by Gasteiger charge is 2.18. The standard InChI is InChI=1S/C18H18N4O4/c19-8-3-9-20-14-7-6-11(10-15(14)22(25)26)16-18(24)17(23)12-4-1-2-5-13(12)21-16/h1-2,4-7,10,20,24H,3,8-9,19H2,(H,21,23). The topological polar surface area (TPSA) is 134 Å². The van der Waals surface area contributed by atoms with Gasteiger partial charge >= 0.3 is 0 Å². The van der Waals surface area contributed by atoms with E-state index in [4.69, 9.17) is 5.73 Å². The molecule has 8 nitrogen and oxygen atoms in total. The van der Waals surface area contributed by atoms with Crippen molar-refractivity contribution >= 4 is 22.3 Å². The zero-order valence-corrected chi connectivity index (χ0v) is 13.9. The first-order valence-electron chi connectivity index (χ1n) is 8.09. The lowest BCUT2D eigenvalue weighted by Crippen LogP contribution is -2.10. The largest absolute Gasteiger partial charge is 0.503 e. The normalized spacial score (nSPS) is 10.8. The second-order valence-corrected chi connectivity index (χ2v) is 5.78. The van der Waals surface area contributed by atoms with Crippen LogP contribution >= 0.6 is 0 Å². The number of hydrogen-bond donors (Lipinski definition) is 4. The molecule has 0 amide bonds. The Kier molecular flexibility index (Phi) is 4.85. The Bertz CT molecular complexity index is 1030. The number of nitrogens with one attached hydrogen (secondary N) is 2. The molecule has 134 valence electrons. The van der Waals surface area contributed by atoms with E-state index in [1.807, 2.05) is 0 Å². The fourth-order valence-electron chi connectivity index (χ4n) is 2.75. The molecule has 8 heteroatoms. The van der Waals surface area contributed by atoms with Gasteiger partial charge in [-0.2, -0.15) is 0 Å². The number of fused-ring (bicyclic) bond motifs is 1. The van der Waals surface area contributed by atoms with E-state index in [2.05, 4.69) is 10.3 Å². The summed E-state index contributed by atoms with van der Waals surface area (Å²) in [5.41, 5.74) is 6.15. The van der Waals surface area contributed by atoms with Gasteiger partial charge in [0.25, 0.3) is 5.69 Å². The number of nitro benzene ring substituents is 1. The summed E-state index contributed by atoms with van der Waals surface area (Å²) in [5.74, 6) is -0.471. The van der Waals surface area contributed by atoms with Crippen molar-refractivity contribution < 1.29 is 10.0 Å². The first-order valence-corrected chi connectivity index (χ1v) is 8.09. The minimum atomic E-state index is -0.526. The second kappa shape index (κ2) is 7.24. The average Bonchev–Trinajstić information content (AvgIpc) is 2.65. The molecule has 1 aromatic heterocycles. The van der Waals surface area contributed by atoms with Crippen molar-refractivity contribution in [2.75, 3.05) is 18.4 Å². The minimum absolute atomic E-state index is 0.144. The fourth-order valence-corrected chi connectivity index (χ4v) is 2.75. The maximum absolute atomic E-state index is 12.4. The van der Waals surface area contributed by atoms with Crippen LogP contribution in [0, 0.1) is 10.1 Å². The Hall–Kier alpha value is -3.39. The fraction of sp³-hybridized carbons (Fsp3) is 0.167. The van der Waals surface area contributed by atoms with E-state index < -0.39 is 16.1 Å². The zero-order valence-electron chi connectivity index (χ0n) is 13.9. The molecule has 0 aliphatic carbocycles. The number of benzene rings is 2. The molecule has 0 bridgehead atoms. The quantitative estimate of drug-likeness (QED) is 0.305. The number of rotatable bonds is 6. The van der Waals surface area contributed by atoms with Crippen LogP contribution in [0.15, 0.2) is 47.3 Å². The molecule has 1 heterocycles. The number of nitrogens with two attached hydrogens (primary N) is 1. The van der Waals surface area contributed by atoms with Gasteiger partial charge in [0.2, 0.25) is 5.43 Å². The zero-order chi connectivity index (χ0) is 18.7. The number of aromatic nitrogens is 1. The predicted molar refractivity (Wildman–Crippen MR) is 100 cm³/mol. The van der Waals surface area contributed by atoms with Gasteiger partial charge in [0.1, 0.15) is 5.69 Å². The highest BCUT2D eigenvalue weighted by Crippen LogP contribution is 2.33. The Morgan fingerprint density at radius 3 is 2.73 bits per heavy atom. The first-order chi connectivity index (χ1) is 12.5. The van der Waals surface area contributed by atoms with Crippen molar-refractivity contribution in [2.45, 2.75) is 6.42 Å². The lowest BCUT2D eigenvalue weighted by molar-refractivity contribution is -0.383. The Balaban J connectivity index is 2.11. The van der Waals surface area contributed by atoms with Gasteiger partial charge in [-0.3, -0.25) is 14.9 Å². The molecular weight excluding hydrogens is 336 g/mol. The number of para-hydroxylation sites is 1. The third kappa shape index (κ3) is 3.22. The number of anilines is 1. The van der Waals surface area contributed by atoms with E-state index >= 15 is 0 Å². The number of hydrogen-bond acceptors (Lipinski definition) is 6. The molecule has 0 spiro atoms. The predicted octanol–water partition coefficient (Wildman–Crippen LogP) is 2.57. The van der Waals surface area contributed by atoms with Gasteiger partial charge in [0, 0.05) is 29.1 Å². The molecule has 0 aliphatic heterocycles. The molecule has 0 saturated carbocycles. The van der Waals surface area contributed by atoms with E-state index in [1.165, 1.54) is 6.07 Å². The van der Waals surface area contributed by atoms with E-state index in [1.54, 1.807) is 36.4 Å². The SMILES string of the molecule is NCCCNc1ccc(-c2[nH]c3ccccc3c(=O)c2O)cc1[N+](=O)[O-]. The second-order valence-electron chi connectivity index (χ2n) is 5.78. The molecule has 0 atom stereocenters. The van der Waals surface area contributed by atoms with E-state index in [9.17, 15) is 20.0 Å². The minimum Gasteiger partial charge on any atom is -0.503 e. The van der Waals surface area contributed by atoms with Crippen LogP contribution in [-0.4, -0.2) is 28.1 Å². The molecule has 2 aromatic carbocycles. The van der Waals surface area contributed by atoms with Gasteiger partial charge in [-0.15, -0.1) is 0 Å². The van der Waals surface area contributed by atoms with Crippen molar-refractivity contribution in [2.24, 2.45) is 5.73 Å². The molecule has 0 fully saturated rings. The van der Waals surface area contributed by atoms with Gasteiger partial charge in [0.05, 0.1) is 10.6 Å². The highest BCUT2D eigenvalue weighted by atomic mass is 16.6. The Morgan fingerprint density at radius 2 is 2.00 bits per heavy atom. The monoisotopic (exact) mass is 354 g/mol. The molecule has 26 heavy (non-hydrogen) atoms. The van der Waals surface area contributed by atoms with E-state index in [0.717, 1.165) is 0 Å². The van der Waals surface area contributed by atoms with Crippen molar-refractivity contribution in [3.8, 4) is 17.0 Å². The lowest BCUT2D eigenvalue weighted by Gasteiger charge is -2.10. The summed E-state index contributed by atoms with van der Waals surface area (Å²) in [6, 6.07) is 11.2. The molecule has 0 radical (unpaired) electrons. The summed E-state index contributed by atoms with van der Waals surface area (Å²) >= 11 is 0. The summed E-state index contributed by atoms with van der Waals surface area (Å²) < 4.78 is 0. The maximum Gasteiger partial charge on any atom is 0.292 e. The summed E-state index contributed by atoms with van der Waals surface area (Å²) in [4.78, 5) is 26.2. The maximum atomic E-state index is 12.4. The van der Waals surface area contributed by atoms with Crippen LogP contribution in [0.25, 0.3) is 22.2 Å². The molecular formula is C18H18N4O4. The van der Waals surface area contributed by atoms with Gasteiger partial charge in [0.15, 0.2) is 5.75 Å². The van der Waals surface area contributed by atoms with Crippen LogP contribution in [-0.2, 0) is 0 Å². The highest BCUT2D eigenvalue weighted by molar-refractivity contribution is 5.85. The van der Waals surface area contributed by atoms with Crippen LogP contribution in [0.2, 0.25) is 0 Å². The summed E-state index contributed by atoms with van der Waals surface area (Å²) in [5, 5.41) is 25.0. The first kappa shape index (κ1) is 17.4. The van der Waals surface area contributed by atoms with Crippen molar-refractivity contribution in [3.05, 3.63) is 62.8 Å². The van der Waals surface area contributed by atoms with Crippen molar-refractivity contribution in [1.82, 2.24) is 4.98 Å².